The van der Waals surface area contributed by atoms with Crippen molar-refractivity contribution in [3.05, 3.63) is 29.8 Å². The molecule has 122 valence electrons. The number of hydrogen-bond acceptors (Lipinski definition) is 4. The molecular formula is C16H25BO4S. The van der Waals surface area contributed by atoms with E-state index in [9.17, 15) is 8.42 Å². The van der Waals surface area contributed by atoms with E-state index in [-0.39, 0.29) is 22.2 Å². The van der Waals surface area contributed by atoms with Gasteiger partial charge in [-0.15, -0.1) is 0 Å². The summed E-state index contributed by atoms with van der Waals surface area (Å²) in [5.41, 5.74) is 0.938. The van der Waals surface area contributed by atoms with Gasteiger partial charge in [0, 0.05) is 0 Å². The lowest BCUT2D eigenvalue weighted by molar-refractivity contribution is 0.00578. The van der Waals surface area contributed by atoms with Crippen molar-refractivity contribution in [2.75, 3.05) is 0 Å². The van der Waals surface area contributed by atoms with Crippen molar-refractivity contribution >= 4 is 22.4 Å². The fourth-order valence-corrected chi connectivity index (χ4v) is 3.14. The maximum Gasteiger partial charge on any atom is 0.494 e. The van der Waals surface area contributed by atoms with Gasteiger partial charge in [0.15, 0.2) is 9.84 Å². The molecule has 1 saturated heterocycles. The predicted molar refractivity (Wildman–Crippen MR) is 89.9 cm³/mol. The summed E-state index contributed by atoms with van der Waals surface area (Å²) in [6, 6.07) is 7.43. The summed E-state index contributed by atoms with van der Waals surface area (Å²) >= 11 is 0. The van der Waals surface area contributed by atoms with Crippen LogP contribution in [0.2, 0.25) is 0 Å². The standard InChI is InChI=1S/C16H25BO4S/c1-12(2)22(18,19)11-13-7-9-14(10-8-13)17-20-15(3,4)16(5,6)21-17/h7-10,12H,11H2,1-6H3. The summed E-state index contributed by atoms with van der Waals surface area (Å²) in [5.74, 6) is 0.0638. The zero-order valence-corrected chi connectivity index (χ0v) is 15.0. The van der Waals surface area contributed by atoms with Crippen LogP contribution >= 0.6 is 0 Å². The molecule has 0 unspecified atom stereocenters. The fraction of sp³-hybridized carbons (Fsp3) is 0.625. The highest BCUT2D eigenvalue weighted by atomic mass is 32.2. The monoisotopic (exact) mass is 324 g/mol. The molecule has 6 heteroatoms. The van der Waals surface area contributed by atoms with Crippen molar-refractivity contribution in [1.29, 1.82) is 0 Å². The largest absolute Gasteiger partial charge is 0.494 e. The molecule has 1 heterocycles. The third kappa shape index (κ3) is 3.39. The van der Waals surface area contributed by atoms with Crippen LogP contribution in [-0.2, 0) is 24.9 Å². The Bertz CT molecular complexity index is 617. The summed E-state index contributed by atoms with van der Waals surface area (Å²) in [4.78, 5) is 0. The highest BCUT2D eigenvalue weighted by Crippen LogP contribution is 2.36. The highest BCUT2D eigenvalue weighted by molar-refractivity contribution is 7.91. The average Bonchev–Trinajstić information content (AvgIpc) is 2.58. The Balaban J connectivity index is 2.14. The van der Waals surface area contributed by atoms with Crippen LogP contribution in [0.5, 0.6) is 0 Å². The Kier molecular flexibility index (Phi) is 4.50. The molecule has 0 N–H and O–H groups in total. The quantitative estimate of drug-likeness (QED) is 0.798. The molecule has 22 heavy (non-hydrogen) atoms. The van der Waals surface area contributed by atoms with Crippen LogP contribution in [0.4, 0.5) is 0 Å². The van der Waals surface area contributed by atoms with Crippen molar-refractivity contribution in [2.24, 2.45) is 0 Å². The van der Waals surface area contributed by atoms with Gasteiger partial charge in [0.2, 0.25) is 0 Å². The number of hydrogen-bond donors (Lipinski definition) is 0. The fourth-order valence-electron chi connectivity index (χ4n) is 2.15. The smallest absolute Gasteiger partial charge is 0.399 e. The van der Waals surface area contributed by atoms with Crippen LogP contribution in [0.15, 0.2) is 24.3 Å². The van der Waals surface area contributed by atoms with Gasteiger partial charge in [-0.3, -0.25) is 0 Å². The summed E-state index contributed by atoms with van der Waals surface area (Å²) < 4.78 is 35.9. The zero-order valence-electron chi connectivity index (χ0n) is 14.2. The molecule has 0 radical (unpaired) electrons. The first-order chi connectivity index (χ1) is 9.95. The lowest BCUT2D eigenvalue weighted by atomic mass is 9.79. The SMILES string of the molecule is CC(C)S(=O)(=O)Cc1ccc(B2OC(C)(C)C(C)(C)O2)cc1. The van der Waals surface area contributed by atoms with Gasteiger partial charge in [-0.05, 0) is 52.6 Å². The summed E-state index contributed by atoms with van der Waals surface area (Å²) in [6.07, 6.45) is 0. The Morgan fingerprint density at radius 1 is 1.00 bits per heavy atom. The Morgan fingerprint density at radius 2 is 1.45 bits per heavy atom. The molecule has 0 aliphatic carbocycles. The molecule has 1 aromatic carbocycles. The Morgan fingerprint density at radius 3 is 1.86 bits per heavy atom. The van der Waals surface area contributed by atoms with Gasteiger partial charge in [0.1, 0.15) is 0 Å². The lowest BCUT2D eigenvalue weighted by Crippen LogP contribution is -2.41. The van der Waals surface area contributed by atoms with E-state index in [4.69, 9.17) is 9.31 Å². The molecular weight excluding hydrogens is 299 g/mol. The predicted octanol–water partition coefficient (Wildman–Crippen LogP) is 2.31. The normalized spacial score (nSPS) is 20.6. The maximum atomic E-state index is 12.0. The van der Waals surface area contributed by atoms with E-state index in [1.165, 1.54) is 0 Å². The van der Waals surface area contributed by atoms with Gasteiger partial charge < -0.3 is 9.31 Å². The van der Waals surface area contributed by atoms with Crippen molar-refractivity contribution in [2.45, 2.75) is 63.7 Å². The molecule has 1 fully saturated rings. The van der Waals surface area contributed by atoms with E-state index >= 15 is 0 Å². The van der Waals surface area contributed by atoms with E-state index in [1.54, 1.807) is 13.8 Å². The molecule has 2 rings (SSSR count). The van der Waals surface area contributed by atoms with Gasteiger partial charge in [-0.2, -0.15) is 0 Å². The van der Waals surface area contributed by atoms with E-state index in [0.717, 1.165) is 11.0 Å². The third-order valence-electron chi connectivity index (χ3n) is 4.59. The van der Waals surface area contributed by atoms with E-state index in [1.807, 2.05) is 52.0 Å². The third-order valence-corrected chi connectivity index (χ3v) is 6.76. The molecule has 0 spiro atoms. The van der Waals surface area contributed by atoms with Gasteiger partial charge in [0.05, 0.1) is 22.2 Å². The highest BCUT2D eigenvalue weighted by Gasteiger charge is 2.51. The second-order valence-corrected chi connectivity index (χ2v) is 9.74. The molecule has 0 amide bonds. The minimum atomic E-state index is -3.08. The van der Waals surface area contributed by atoms with Crippen molar-refractivity contribution in [1.82, 2.24) is 0 Å². The summed E-state index contributed by atoms with van der Waals surface area (Å²) in [5, 5.41) is -0.365. The van der Waals surface area contributed by atoms with Crippen LogP contribution < -0.4 is 5.46 Å². The lowest BCUT2D eigenvalue weighted by Gasteiger charge is -2.32. The number of rotatable bonds is 4. The van der Waals surface area contributed by atoms with Gasteiger partial charge >= 0.3 is 7.12 Å². The van der Waals surface area contributed by atoms with Crippen LogP contribution in [0.3, 0.4) is 0 Å². The zero-order chi connectivity index (χ0) is 16.8. The Labute approximate surface area is 134 Å². The van der Waals surface area contributed by atoms with E-state index in [0.29, 0.717) is 0 Å². The molecule has 0 bridgehead atoms. The van der Waals surface area contributed by atoms with Crippen molar-refractivity contribution < 1.29 is 17.7 Å². The van der Waals surface area contributed by atoms with Gasteiger partial charge in [0.25, 0.3) is 0 Å². The topological polar surface area (TPSA) is 52.6 Å². The molecule has 4 nitrogen and oxygen atoms in total. The summed E-state index contributed by atoms with van der Waals surface area (Å²) in [6.45, 7) is 11.4. The van der Waals surface area contributed by atoms with Gasteiger partial charge in [-0.25, -0.2) is 8.42 Å². The van der Waals surface area contributed by atoms with Crippen molar-refractivity contribution in [3.8, 4) is 0 Å². The minimum absolute atomic E-state index is 0.0638. The second-order valence-electron chi connectivity index (χ2n) is 7.19. The molecule has 1 aliphatic heterocycles. The number of benzene rings is 1. The van der Waals surface area contributed by atoms with E-state index in [2.05, 4.69) is 0 Å². The van der Waals surface area contributed by atoms with Crippen LogP contribution in [0.1, 0.15) is 47.1 Å². The van der Waals surface area contributed by atoms with E-state index < -0.39 is 17.0 Å². The summed E-state index contributed by atoms with van der Waals surface area (Å²) in [7, 11) is -3.50. The number of sulfone groups is 1. The molecule has 0 saturated carbocycles. The second kappa shape index (κ2) is 5.66. The Hall–Kier alpha value is -0.845. The molecule has 0 atom stereocenters. The van der Waals surface area contributed by atoms with Crippen LogP contribution in [-0.4, -0.2) is 32.0 Å². The average molecular weight is 324 g/mol. The maximum absolute atomic E-state index is 12.0. The molecule has 1 aliphatic rings. The van der Waals surface area contributed by atoms with Crippen LogP contribution in [0, 0.1) is 0 Å². The minimum Gasteiger partial charge on any atom is -0.399 e. The van der Waals surface area contributed by atoms with Gasteiger partial charge in [-0.1, -0.05) is 24.3 Å². The van der Waals surface area contributed by atoms with Crippen LogP contribution in [0.25, 0.3) is 0 Å². The molecule has 1 aromatic rings. The first-order valence-electron chi connectivity index (χ1n) is 7.61. The van der Waals surface area contributed by atoms with Crippen molar-refractivity contribution in [3.63, 3.8) is 0 Å². The molecule has 0 aromatic heterocycles. The first-order valence-corrected chi connectivity index (χ1v) is 9.32. The first kappa shape index (κ1) is 17.5.